The summed E-state index contributed by atoms with van der Waals surface area (Å²) in [5.74, 6) is 0. The van der Waals surface area contributed by atoms with Crippen LogP contribution in [0.1, 0.15) is 25.7 Å². The van der Waals surface area contributed by atoms with Crippen LogP contribution < -0.4 is 5.43 Å². The Hall–Kier alpha value is -1.06. The Morgan fingerprint density at radius 1 is 0.895 bits per heavy atom. The lowest BCUT2D eigenvalue weighted by Gasteiger charge is -2.46. The second-order valence-electron chi connectivity index (χ2n) is 6.27. The lowest BCUT2D eigenvalue weighted by molar-refractivity contribution is 0.0514. The molecule has 0 unspecified atom stereocenters. The maximum absolute atomic E-state index is 3.53. The third-order valence-electron chi connectivity index (χ3n) is 4.93. The van der Waals surface area contributed by atoms with Crippen molar-refractivity contribution in [2.75, 3.05) is 38.7 Å². The summed E-state index contributed by atoms with van der Waals surface area (Å²) in [6.07, 6.45) is 5.48. The van der Waals surface area contributed by atoms with Crippen LogP contribution in [0.5, 0.6) is 0 Å². The van der Waals surface area contributed by atoms with Crippen LogP contribution in [-0.2, 0) is 0 Å². The van der Waals surface area contributed by atoms with Gasteiger partial charge in [0.1, 0.15) is 0 Å². The lowest BCUT2D eigenvalue weighted by Crippen LogP contribution is -2.47. The van der Waals surface area contributed by atoms with Crippen molar-refractivity contribution in [3.05, 3.63) is 30.3 Å². The van der Waals surface area contributed by atoms with E-state index in [1.54, 1.807) is 0 Å². The Morgan fingerprint density at radius 2 is 1.47 bits per heavy atom. The fraction of sp³-hybridized carbons (Fsp3) is 0.625. The molecule has 0 amide bonds. The summed E-state index contributed by atoms with van der Waals surface area (Å²) in [6.45, 7) is 4.93. The molecule has 3 nitrogen and oxygen atoms in total. The normalized spacial score (nSPS) is 24.5. The molecule has 19 heavy (non-hydrogen) atoms. The molecule has 0 saturated carbocycles. The molecule has 2 aliphatic heterocycles. The van der Waals surface area contributed by atoms with Crippen molar-refractivity contribution >= 4 is 5.69 Å². The number of hydrogen-bond donors (Lipinski definition) is 1. The molecule has 2 heterocycles. The predicted octanol–water partition coefficient (Wildman–Crippen LogP) is 2.82. The third-order valence-corrected chi connectivity index (χ3v) is 4.93. The van der Waals surface area contributed by atoms with Gasteiger partial charge in [0.15, 0.2) is 0 Å². The van der Waals surface area contributed by atoms with Gasteiger partial charge in [-0.1, -0.05) is 18.2 Å². The molecule has 0 atom stereocenters. The van der Waals surface area contributed by atoms with Crippen molar-refractivity contribution in [3.63, 3.8) is 0 Å². The van der Waals surface area contributed by atoms with E-state index in [2.05, 4.69) is 52.7 Å². The van der Waals surface area contributed by atoms with Crippen molar-refractivity contribution in [1.82, 2.24) is 9.91 Å². The zero-order chi connectivity index (χ0) is 13.1. The van der Waals surface area contributed by atoms with Crippen LogP contribution >= 0.6 is 0 Å². The van der Waals surface area contributed by atoms with E-state index in [1.165, 1.54) is 57.5 Å². The van der Waals surface area contributed by atoms with E-state index in [4.69, 9.17) is 0 Å². The molecule has 104 valence electrons. The zero-order valence-electron chi connectivity index (χ0n) is 11.9. The first-order valence-corrected chi connectivity index (χ1v) is 7.51. The van der Waals surface area contributed by atoms with E-state index in [-0.39, 0.29) is 0 Å². The average Bonchev–Trinajstić information content (AvgIpc) is 2.46. The topological polar surface area (TPSA) is 18.5 Å². The highest BCUT2D eigenvalue weighted by Gasteiger charge is 2.36. The highest BCUT2D eigenvalue weighted by Crippen LogP contribution is 2.40. The molecule has 3 heteroatoms. The van der Waals surface area contributed by atoms with Crippen LogP contribution in [0, 0.1) is 5.41 Å². The first-order chi connectivity index (χ1) is 9.26. The Morgan fingerprint density at radius 3 is 2.11 bits per heavy atom. The number of rotatable bonds is 2. The molecule has 1 spiro atoms. The summed E-state index contributed by atoms with van der Waals surface area (Å²) in [5, 5.41) is 2.39. The van der Waals surface area contributed by atoms with E-state index in [9.17, 15) is 0 Å². The number of likely N-dealkylation sites (tertiary alicyclic amines) is 1. The van der Waals surface area contributed by atoms with Gasteiger partial charge in [-0.2, -0.15) is 0 Å². The zero-order valence-corrected chi connectivity index (χ0v) is 11.9. The minimum atomic E-state index is 0.640. The second-order valence-corrected chi connectivity index (χ2v) is 6.27. The van der Waals surface area contributed by atoms with Crippen molar-refractivity contribution in [3.8, 4) is 0 Å². The van der Waals surface area contributed by atoms with Gasteiger partial charge in [-0.3, -0.25) is 0 Å². The third kappa shape index (κ3) is 3.10. The van der Waals surface area contributed by atoms with E-state index in [0.29, 0.717) is 5.41 Å². The molecule has 2 aliphatic rings. The number of nitrogens with one attached hydrogen (secondary N) is 1. The summed E-state index contributed by atoms with van der Waals surface area (Å²) >= 11 is 0. The monoisotopic (exact) mass is 259 g/mol. The van der Waals surface area contributed by atoms with Crippen molar-refractivity contribution in [2.24, 2.45) is 5.41 Å². The molecule has 2 saturated heterocycles. The number of hydrazine groups is 1. The fourth-order valence-electron chi connectivity index (χ4n) is 3.38. The summed E-state index contributed by atoms with van der Waals surface area (Å²) < 4.78 is 0. The van der Waals surface area contributed by atoms with Crippen molar-refractivity contribution in [1.29, 1.82) is 0 Å². The fourth-order valence-corrected chi connectivity index (χ4v) is 3.38. The van der Waals surface area contributed by atoms with Gasteiger partial charge in [-0.25, -0.2) is 5.01 Å². The first-order valence-electron chi connectivity index (χ1n) is 7.51. The molecular weight excluding hydrogens is 234 g/mol. The standard InChI is InChI=1S/C16H25N3/c1-18-11-7-16(8-12-18)9-13-19(14-10-16)17-15-5-3-2-4-6-15/h2-6,17H,7-14H2,1H3. The SMILES string of the molecule is CN1CCC2(CC1)CCN(Nc1ccccc1)CC2. The Bertz CT molecular complexity index is 386. The minimum absolute atomic E-state index is 0.640. The van der Waals surface area contributed by atoms with E-state index >= 15 is 0 Å². The van der Waals surface area contributed by atoms with Crippen LogP contribution in [0.25, 0.3) is 0 Å². The van der Waals surface area contributed by atoms with Gasteiger partial charge in [-0.05, 0) is 63.4 Å². The highest BCUT2D eigenvalue weighted by molar-refractivity contribution is 5.41. The van der Waals surface area contributed by atoms with Gasteiger partial charge in [0.25, 0.3) is 0 Å². The van der Waals surface area contributed by atoms with Crippen molar-refractivity contribution in [2.45, 2.75) is 25.7 Å². The predicted molar refractivity (Wildman–Crippen MR) is 80.0 cm³/mol. The minimum Gasteiger partial charge on any atom is -0.319 e. The molecule has 1 aromatic rings. The molecule has 0 aromatic heterocycles. The van der Waals surface area contributed by atoms with E-state index in [1.807, 2.05) is 0 Å². The van der Waals surface area contributed by atoms with Gasteiger partial charge in [-0.15, -0.1) is 0 Å². The molecule has 1 aromatic carbocycles. The van der Waals surface area contributed by atoms with Crippen molar-refractivity contribution < 1.29 is 0 Å². The molecule has 0 bridgehead atoms. The quantitative estimate of drug-likeness (QED) is 0.881. The van der Waals surface area contributed by atoms with Crippen LogP contribution in [0.3, 0.4) is 0 Å². The van der Waals surface area contributed by atoms with Crippen LogP contribution in [-0.4, -0.2) is 43.1 Å². The van der Waals surface area contributed by atoms with Gasteiger partial charge >= 0.3 is 0 Å². The average molecular weight is 259 g/mol. The second kappa shape index (κ2) is 5.51. The Labute approximate surface area is 116 Å². The molecule has 0 aliphatic carbocycles. The van der Waals surface area contributed by atoms with Crippen LogP contribution in [0.4, 0.5) is 5.69 Å². The highest BCUT2D eigenvalue weighted by atomic mass is 15.5. The largest absolute Gasteiger partial charge is 0.319 e. The first kappa shape index (κ1) is 12.9. The van der Waals surface area contributed by atoms with E-state index in [0.717, 1.165) is 0 Å². The molecule has 3 rings (SSSR count). The maximum Gasteiger partial charge on any atom is 0.0490 e. The number of piperidine rings is 2. The van der Waals surface area contributed by atoms with Gasteiger partial charge in [0, 0.05) is 18.8 Å². The van der Waals surface area contributed by atoms with E-state index < -0.39 is 0 Å². The summed E-state index contributed by atoms with van der Waals surface area (Å²) in [4.78, 5) is 2.47. The van der Waals surface area contributed by atoms with Gasteiger partial charge in [0.2, 0.25) is 0 Å². The molecule has 0 radical (unpaired) electrons. The van der Waals surface area contributed by atoms with Gasteiger partial charge < -0.3 is 10.3 Å². The number of benzene rings is 1. The smallest absolute Gasteiger partial charge is 0.0490 e. The maximum atomic E-state index is 3.53. The lowest BCUT2D eigenvalue weighted by atomic mass is 9.71. The summed E-state index contributed by atoms with van der Waals surface area (Å²) in [6, 6.07) is 10.5. The number of nitrogens with zero attached hydrogens (tertiary/aromatic N) is 2. The molecule has 1 N–H and O–H groups in total. The summed E-state index contributed by atoms with van der Waals surface area (Å²) in [5.41, 5.74) is 5.38. The summed E-state index contributed by atoms with van der Waals surface area (Å²) in [7, 11) is 2.25. The van der Waals surface area contributed by atoms with Crippen LogP contribution in [0.15, 0.2) is 30.3 Å². The number of hydrogen-bond acceptors (Lipinski definition) is 3. The van der Waals surface area contributed by atoms with Crippen LogP contribution in [0.2, 0.25) is 0 Å². The number of anilines is 1. The number of para-hydroxylation sites is 1. The van der Waals surface area contributed by atoms with Gasteiger partial charge in [0.05, 0.1) is 0 Å². The molecule has 2 fully saturated rings. The molecular formula is C16H25N3. The Balaban J connectivity index is 1.52. The Kier molecular flexibility index (Phi) is 3.76.